The van der Waals surface area contributed by atoms with E-state index in [-0.39, 0.29) is 23.7 Å². The number of hydrogen-bond donors (Lipinski definition) is 3. The van der Waals surface area contributed by atoms with Crippen LogP contribution in [0.3, 0.4) is 0 Å². The number of rotatable bonds is 4. The second-order valence-corrected chi connectivity index (χ2v) is 7.60. The molecule has 0 bridgehead atoms. The van der Waals surface area contributed by atoms with Crippen LogP contribution in [0.2, 0.25) is 0 Å². The molecule has 2 fully saturated rings. The van der Waals surface area contributed by atoms with Crippen molar-refractivity contribution in [2.45, 2.75) is 56.2 Å². The van der Waals surface area contributed by atoms with Gasteiger partial charge in [0.2, 0.25) is 11.8 Å². The van der Waals surface area contributed by atoms with E-state index in [2.05, 4.69) is 26.5 Å². The maximum atomic E-state index is 12.1. The first-order valence-electron chi connectivity index (χ1n) is 8.01. The molecule has 0 aliphatic heterocycles. The molecule has 7 heteroatoms. The maximum Gasteiger partial charge on any atom is 0.246 e. The lowest BCUT2D eigenvalue weighted by Crippen LogP contribution is -2.35. The molecule has 124 valence electrons. The van der Waals surface area contributed by atoms with Gasteiger partial charge >= 0.3 is 0 Å². The van der Waals surface area contributed by atoms with E-state index < -0.39 is 0 Å². The molecule has 2 rings (SSSR count). The number of nitrogens with zero attached hydrogens (tertiary/aromatic N) is 1. The standard InChI is InChI=1S/C15H24BrN3O3/c16-13-3-1-2-10(8-13)9-17-18-14(20)11-4-6-12(7-5-11)15(21)19-22/h9-13,22H,1-8H2,(H,18,20)(H,19,21)/b17-9+. The lowest BCUT2D eigenvalue weighted by molar-refractivity contribution is -0.136. The van der Waals surface area contributed by atoms with E-state index in [0.717, 1.165) is 12.8 Å². The van der Waals surface area contributed by atoms with Crippen molar-refractivity contribution in [1.29, 1.82) is 0 Å². The van der Waals surface area contributed by atoms with E-state index in [1.165, 1.54) is 12.8 Å². The molecule has 0 heterocycles. The minimum absolute atomic E-state index is 0.0645. The first-order chi connectivity index (χ1) is 10.6. The number of hydroxylamine groups is 1. The topological polar surface area (TPSA) is 90.8 Å². The van der Waals surface area contributed by atoms with E-state index in [1.54, 1.807) is 5.48 Å². The molecule has 0 aromatic carbocycles. The van der Waals surface area contributed by atoms with Gasteiger partial charge in [0.25, 0.3) is 0 Å². The number of alkyl halides is 1. The molecule has 6 nitrogen and oxygen atoms in total. The molecule has 0 radical (unpaired) electrons. The smallest absolute Gasteiger partial charge is 0.246 e. The van der Waals surface area contributed by atoms with Gasteiger partial charge in [-0.15, -0.1) is 0 Å². The van der Waals surface area contributed by atoms with Crippen LogP contribution in [0.15, 0.2) is 5.10 Å². The van der Waals surface area contributed by atoms with Crippen LogP contribution in [0.4, 0.5) is 0 Å². The van der Waals surface area contributed by atoms with Crippen LogP contribution in [0, 0.1) is 17.8 Å². The van der Waals surface area contributed by atoms with Crippen LogP contribution in [-0.4, -0.2) is 28.1 Å². The molecular formula is C15H24BrN3O3. The summed E-state index contributed by atoms with van der Waals surface area (Å²) in [4.78, 5) is 24.0. The van der Waals surface area contributed by atoms with Crippen molar-refractivity contribution in [3.63, 3.8) is 0 Å². The molecule has 0 saturated heterocycles. The van der Waals surface area contributed by atoms with E-state index in [9.17, 15) is 9.59 Å². The highest BCUT2D eigenvalue weighted by atomic mass is 79.9. The number of hydrogen-bond acceptors (Lipinski definition) is 4. The Labute approximate surface area is 139 Å². The molecule has 2 atom stereocenters. The summed E-state index contributed by atoms with van der Waals surface area (Å²) in [7, 11) is 0. The van der Waals surface area contributed by atoms with E-state index in [4.69, 9.17) is 5.21 Å². The van der Waals surface area contributed by atoms with E-state index in [0.29, 0.717) is 36.4 Å². The zero-order chi connectivity index (χ0) is 15.9. The summed E-state index contributed by atoms with van der Waals surface area (Å²) in [5.41, 5.74) is 4.32. The first-order valence-corrected chi connectivity index (χ1v) is 8.92. The fraction of sp³-hybridized carbons (Fsp3) is 0.800. The summed E-state index contributed by atoms with van der Waals surface area (Å²) < 4.78 is 0. The second-order valence-electron chi connectivity index (χ2n) is 6.30. The van der Waals surface area contributed by atoms with Gasteiger partial charge in [-0.3, -0.25) is 14.8 Å². The number of nitrogens with one attached hydrogen (secondary N) is 2. The van der Waals surface area contributed by atoms with Crippen LogP contribution < -0.4 is 10.9 Å². The lowest BCUT2D eigenvalue weighted by atomic mass is 9.81. The van der Waals surface area contributed by atoms with Gasteiger partial charge in [-0.25, -0.2) is 10.9 Å². The van der Waals surface area contributed by atoms with E-state index >= 15 is 0 Å². The lowest BCUT2D eigenvalue weighted by Gasteiger charge is -2.25. The van der Waals surface area contributed by atoms with Gasteiger partial charge < -0.3 is 0 Å². The molecule has 0 spiro atoms. The number of carbonyl (C=O) groups excluding carboxylic acids is 2. The Hall–Kier alpha value is -0.950. The van der Waals surface area contributed by atoms with Gasteiger partial charge in [-0.1, -0.05) is 22.4 Å². The second kappa shape index (κ2) is 8.62. The number of carbonyl (C=O) groups is 2. The van der Waals surface area contributed by atoms with Gasteiger partial charge in [0, 0.05) is 22.9 Å². The predicted molar refractivity (Wildman–Crippen MR) is 86.7 cm³/mol. The highest BCUT2D eigenvalue weighted by molar-refractivity contribution is 9.09. The summed E-state index contributed by atoms with van der Waals surface area (Å²) in [6.45, 7) is 0. The monoisotopic (exact) mass is 373 g/mol. The molecule has 2 saturated carbocycles. The largest absolute Gasteiger partial charge is 0.289 e. The van der Waals surface area contributed by atoms with Crippen LogP contribution in [-0.2, 0) is 9.59 Å². The highest BCUT2D eigenvalue weighted by Crippen LogP contribution is 2.29. The summed E-state index contributed by atoms with van der Waals surface area (Å²) in [5, 5.41) is 12.7. The normalized spacial score (nSPS) is 32.6. The third kappa shape index (κ3) is 5.05. The van der Waals surface area contributed by atoms with Gasteiger partial charge in [-0.2, -0.15) is 5.10 Å². The maximum absolute atomic E-state index is 12.1. The average Bonchev–Trinajstić information content (AvgIpc) is 2.54. The first kappa shape index (κ1) is 17.4. The van der Waals surface area contributed by atoms with Gasteiger partial charge in [0.1, 0.15) is 0 Å². The van der Waals surface area contributed by atoms with Crippen molar-refractivity contribution < 1.29 is 14.8 Å². The number of hydrazone groups is 1. The molecule has 2 unspecified atom stereocenters. The Kier molecular flexibility index (Phi) is 6.82. The predicted octanol–water partition coefficient (Wildman–Crippen LogP) is 2.35. The SMILES string of the molecule is O=C(NO)C1CCC(C(=O)N/N=C/C2CCCC(Br)C2)CC1. The molecule has 3 N–H and O–H groups in total. The fourth-order valence-corrected chi connectivity index (χ4v) is 4.11. The van der Waals surface area contributed by atoms with Crippen LogP contribution >= 0.6 is 15.9 Å². The van der Waals surface area contributed by atoms with Gasteiger partial charge in [-0.05, 0) is 50.9 Å². The highest BCUT2D eigenvalue weighted by Gasteiger charge is 2.29. The van der Waals surface area contributed by atoms with Crippen LogP contribution in [0.5, 0.6) is 0 Å². The Morgan fingerprint density at radius 3 is 2.27 bits per heavy atom. The Morgan fingerprint density at radius 1 is 1.05 bits per heavy atom. The molecule has 0 aromatic heterocycles. The molecule has 22 heavy (non-hydrogen) atoms. The summed E-state index contributed by atoms with van der Waals surface area (Å²) >= 11 is 3.64. The van der Waals surface area contributed by atoms with Crippen molar-refractivity contribution in [3.8, 4) is 0 Å². The Bertz CT molecular complexity index is 422. The van der Waals surface area contributed by atoms with Crippen LogP contribution in [0.25, 0.3) is 0 Å². The average molecular weight is 374 g/mol. The molecular weight excluding hydrogens is 350 g/mol. The zero-order valence-electron chi connectivity index (χ0n) is 12.6. The zero-order valence-corrected chi connectivity index (χ0v) is 14.2. The van der Waals surface area contributed by atoms with Crippen LogP contribution in [0.1, 0.15) is 51.4 Å². The van der Waals surface area contributed by atoms with Crippen molar-refractivity contribution in [3.05, 3.63) is 0 Å². The molecule has 2 amide bonds. The van der Waals surface area contributed by atoms with Crippen molar-refractivity contribution in [1.82, 2.24) is 10.9 Å². The third-order valence-corrected chi connectivity index (χ3v) is 5.52. The van der Waals surface area contributed by atoms with Crippen molar-refractivity contribution in [2.24, 2.45) is 22.9 Å². The van der Waals surface area contributed by atoms with Crippen molar-refractivity contribution >= 4 is 34.0 Å². The minimum atomic E-state index is -0.349. The summed E-state index contributed by atoms with van der Waals surface area (Å²) in [5.74, 6) is -0.253. The summed E-state index contributed by atoms with van der Waals surface area (Å²) in [6.07, 6.45) is 9.03. The number of halogens is 1. The third-order valence-electron chi connectivity index (χ3n) is 4.69. The molecule has 2 aliphatic carbocycles. The van der Waals surface area contributed by atoms with E-state index in [1.807, 2.05) is 6.21 Å². The Balaban J connectivity index is 1.71. The van der Waals surface area contributed by atoms with Crippen molar-refractivity contribution in [2.75, 3.05) is 0 Å². The summed E-state index contributed by atoms with van der Waals surface area (Å²) in [6, 6.07) is 0. The Morgan fingerprint density at radius 2 is 1.68 bits per heavy atom. The molecule has 2 aliphatic rings. The quantitative estimate of drug-likeness (QED) is 0.305. The molecule has 0 aromatic rings. The minimum Gasteiger partial charge on any atom is -0.289 e. The van der Waals surface area contributed by atoms with Gasteiger partial charge in [0.15, 0.2) is 0 Å². The fourth-order valence-electron chi connectivity index (χ4n) is 3.31. The number of amides is 2. The van der Waals surface area contributed by atoms with Gasteiger partial charge in [0.05, 0.1) is 0 Å².